The number of hydrogen-bond donors (Lipinski definition) is 0. The molecule has 0 bridgehead atoms. The molecule has 31 heavy (non-hydrogen) atoms. The molecule has 1 aliphatic heterocycles. The Hall–Kier alpha value is -3.58. The number of hydrogen-bond acceptors (Lipinski definition) is 6. The Bertz CT molecular complexity index is 1170. The molecule has 4 rings (SSSR count). The standard InChI is InChI=1S/C24H17BrO6/c1-28-22-12-15(2-9-19(26)16-4-7-18(25)8-5-16)3-10-21(22)31-24(27)17-6-11-20-23(13-17)30-14-29-20/h2-13H,14H2,1H3. The third-order valence-electron chi connectivity index (χ3n) is 4.55. The van der Waals surface area contributed by atoms with Gasteiger partial charge in [0.25, 0.3) is 0 Å². The second-order valence-corrected chi connectivity index (χ2v) is 7.49. The second kappa shape index (κ2) is 9.06. The lowest BCUT2D eigenvalue weighted by Crippen LogP contribution is -2.09. The fourth-order valence-corrected chi connectivity index (χ4v) is 3.20. The van der Waals surface area contributed by atoms with Crippen molar-refractivity contribution in [2.24, 2.45) is 0 Å². The summed E-state index contributed by atoms with van der Waals surface area (Å²) >= 11 is 3.35. The summed E-state index contributed by atoms with van der Waals surface area (Å²) in [6.07, 6.45) is 3.16. The van der Waals surface area contributed by atoms with Gasteiger partial charge in [0.2, 0.25) is 6.79 Å². The van der Waals surface area contributed by atoms with Crippen LogP contribution in [-0.4, -0.2) is 25.7 Å². The van der Waals surface area contributed by atoms with Crippen molar-refractivity contribution < 1.29 is 28.5 Å². The lowest BCUT2D eigenvalue weighted by molar-refractivity contribution is 0.0729. The molecule has 1 aliphatic rings. The van der Waals surface area contributed by atoms with Crippen molar-refractivity contribution in [3.05, 3.63) is 87.9 Å². The van der Waals surface area contributed by atoms with Gasteiger partial charge >= 0.3 is 5.97 Å². The predicted molar refractivity (Wildman–Crippen MR) is 118 cm³/mol. The average molecular weight is 481 g/mol. The summed E-state index contributed by atoms with van der Waals surface area (Å²) in [4.78, 5) is 24.8. The van der Waals surface area contributed by atoms with Crippen LogP contribution in [0.4, 0.5) is 0 Å². The summed E-state index contributed by atoms with van der Waals surface area (Å²) in [5.74, 6) is 1.05. The molecule has 3 aromatic rings. The van der Waals surface area contributed by atoms with Gasteiger partial charge in [-0.05, 0) is 66.2 Å². The van der Waals surface area contributed by atoms with E-state index >= 15 is 0 Å². The summed E-state index contributed by atoms with van der Waals surface area (Å²) in [6, 6.07) is 17.0. The largest absolute Gasteiger partial charge is 0.493 e. The monoisotopic (exact) mass is 480 g/mol. The molecule has 6 nitrogen and oxygen atoms in total. The van der Waals surface area contributed by atoms with Crippen LogP contribution in [0.5, 0.6) is 23.0 Å². The fraction of sp³-hybridized carbons (Fsp3) is 0.0833. The number of carbonyl (C=O) groups excluding carboxylic acids is 2. The Morgan fingerprint density at radius 3 is 2.42 bits per heavy atom. The van der Waals surface area contributed by atoms with Gasteiger partial charge in [0.1, 0.15) is 0 Å². The van der Waals surface area contributed by atoms with Gasteiger partial charge in [0.15, 0.2) is 28.8 Å². The lowest BCUT2D eigenvalue weighted by Gasteiger charge is -2.10. The van der Waals surface area contributed by atoms with E-state index in [0.717, 1.165) is 10.0 Å². The molecule has 0 saturated carbocycles. The van der Waals surface area contributed by atoms with Crippen LogP contribution in [0.25, 0.3) is 6.08 Å². The van der Waals surface area contributed by atoms with Gasteiger partial charge in [-0.3, -0.25) is 4.79 Å². The number of rotatable bonds is 6. The minimum atomic E-state index is -0.551. The zero-order valence-corrected chi connectivity index (χ0v) is 18.0. The molecule has 0 aliphatic carbocycles. The molecule has 0 N–H and O–H groups in total. The Labute approximate surface area is 187 Å². The van der Waals surface area contributed by atoms with E-state index in [4.69, 9.17) is 18.9 Å². The lowest BCUT2D eigenvalue weighted by atomic mass is 10.1. The van der Waals surface area contributed by atoms with E-state index in [1.54, 1.807) is 54.6 Å². The molecule has 0 radical (unpaired) electrons. The summed E-state index contributed by atoms with van der Waals surface area (Å²) in [5.41, 5.74) is 1.64. The summed E-state index contributed by atoms with van der Waals surface area (Å²) in [5, 5.41) is 0. The van der Waals surface area contributed by atoms with Crippen LogP contribution in [-0.2, 0) is 0 Å². The Morgan fingerprint density at radius 1 is 0.903 bits per heavy atom. The van der Waals surface area contributed by atoms with E-state index in [-0.39, 0.29) is 18.3 Å². The van der Waals surface area contributed by atoms with Crippen LogP contribution in [0.1, 0.15) is 26.3 Å². The highest BCUT2D eigenvalue weighted by atomic mass is 79.9. The van der Waals surface area contributed by atoms with Crippen molar-refractivity contribution in [3.63, 3.8) is 0 Å². The van der Waals surface area contributed by atoms with E-state index < -0.39 is 5.97 Å². The summed E-state index contributed by atoms with van der Waals surface area (Å²) < 4.78 is 22.3. The van der Waals surface area contributed by atoms with E-state index in [0.29, 0.717) is 28.4 Å². The van der Waals surface area contributed by atoms with Gasteiger partial charge in [-0.25, -0.2) is 4.79 Å². The highest BCUT2D eigenvalue weighted by Crippen LogP contribution is 2.34. The molecule has 0 aromatic heterocycles. The first-order valence-corrected chi connectivity index (χ1v) is 10.1. The maximum Gasteiger partial charge on any atom is 0.343 e. The normalized spacial score (nSPS) is 12.1. The van der Waals surface area contributed by atoms with E-state index in [9.17, 15) is 9.59 Å². The van der Waals surface area contributed by atoms with Crippen molar-refractivity contribution in [1.29, 1.82) is 0 Å². The first-order chi connectivity index (χ1) is 15.0. The summed E-state index contributed by atoms with van der Waals surface area (Å²) in [7, 11) is 1.48. The molecule has 0 atom stereocenters. The van der Waals surface area contributed by atoms with Crippen LogP contribution < -0.4 is 18.9 Å². The van der Waals surface area contributed by atoms with Gasteiger partial charge in [0.05, 0.1) is 12.7 Å². The molecule has 0 fully saturated rings. The zero-order chi connectivity index (χ0) is 21.8. The molecule has 156 valence electrons. The molecule has 0 unspecified atom stereocenters. The van der Waals surface area contributed by atoms with Crippen LogP contribution >= 0.6 is 15.9 Å². The van der Waals surface area contributed by atoms with Gasteiger partial charge in [-0.15, -0.1) is 0 Å². The number of allylic oxidation sites excluding steroid dienone is 1. The third-order valence-corrected chi connectivity index (χ3v) is 5.08. The van der Waals surface area contributed by atoms with Crippen LogP contribution in [0.15, 0.2) is 71.2 Å². The van der Waals surface area contributed by atoms with Crippen molar-refractivity contribution in [2.45, 2.75) is 0 Å². The second-order valence-electron chi connectivity index (χ2n) is 6.57. The van der Waals surface area contributed by atoms with Crippen molar-refractivity contribution in [1.82, 2.24) is 0 Å². The van der Waals surface area contributed by atoms with Gasteiger partial charge in [0, 0.05) is 10.0 Å². The molecule has 0 amide bonds. The number of carbonyl (C=O) groups is 2. The molecular formula is C24H17BrO6. The molecule has 1 heterocycles. The maximum absolute atomic E-state index is 12.5. The molecular weight excluding hydrogens is 464 g/mol. The SMILES string of the molecule is COc1cc(C=CC(=O)c2ccc(Br)cc2)ccc1OC(=O)c1ccc2c(c1)OCO2. The highest BCUT2D eigenvalue weighted by molar-refractivity contribution is 9.10. The number of esters is 1. The van der Waals surface area contributed by atoms with Crippen molar-refractivity contribution in [2.75, 3.05) is 13.9 Å². The van der Waals surface area contributed by atoms with Crippen LogP contribution in [0.2, 0.25) is 0 Å². The van der Waals surface area contributed by atoms with E-state index in [2.05, 4.69) is 15.9 Å². The van der Waals surface area contributed by atoms with Gasteiger partial charge in [-0.2, -0.15) is 0 Å². The number of benzene rings is 3. The smallest absolute Gasteiger partial charge is 0.343 e. The van der Waals surface area contributed by atoms with E-state index in [1.165, 1.54) is 13.2 Å². The first-order valence-electron chi connectivity index (χ1n) is 9.31. The Kier molecular flexibility index (Phi) is 6.04. The number of ether oxygens (including phenoxy) is 4. The predicted octanol–water partition coefficient (Wildman–Crippen LogP) is 5.30. The Balaban J connectivity index is 1.48. The van der Waals surface area contributed by atoms with E-state index in [1.807, 2.05) is 12.1 Å². The molecule has 0 saturated heterocycles. The minimum absolute atomic E-state index is 0.121. The number of ketones is 1. The van der Waals surface area contributed by atoms with Crippen LogP contribution in [0, 0.1) is 0 Å². The number of methoxy groups -OCH3 is 1. The summed E-state index contributed by atoms with van der Waals surface area (Å²) in [6.45, 7) is 0.126. The molecule has 0 spiro atoms. The topological polar surface area (TPSA) is 71.1 Å². The maximum atomic E-state index is 12.5. The zero-order valence-electron chi connectivity index (χ0n) is 16.5. The molecule has 3 aromatic carbocycles. The van der Waals surface area contributed by atoms with Gasteiger partial charge in [-0.1, -0.05) is 28.1 Å². The van der Waals surface area contributed by atoms with Gasteiger partial charge < -0.3 is 18.9 Å². The average Bonchev–Trinajstić information content (AvgIpc) is 3.26. The fourth-order valence-electron chi connectivity index (χ4n) is 2.94. The van der Waals surface area contributed by atoms with Crippen molar-refractivity contribution in [3.8, 4) is 23.0 Å². The van der Waals surface area contributed by atoms with Crippen LogP contribution in [0.3, 0.4) is 0 Å². The highest BCUT2D eigenvalue weighted by Gasteiger charge is 2.18. The number of fused-ring (bicyclic) bond motifs is 1. The Morgan fingerprint density at radius 2 is 1.65 bits per heavy atom. The van der Waals surface area contributed by atoms with Crippen molar-refractivity contribution >= 4 is 33.8 Å². The first kappa shape index (κ1) is 20.7. The molecule has 7 heteroatoms. The number of halogens is 1. The quantitative estimate of drug-likeness (QED) is 0.206. The minimum Gasteiger partial charge on any atom is -0.493 e. The third kappa shape index (κ3) is 4.78.